The fourth-order valence-corrected chi connectivity index (χ4v) is 2.50. The number of allylic oxidation sites excluding steroid dienone is 1. The van der Waals surface area contributed by atoms with Crippen LogP contribution in [0.5, 0.6) is 0 Å². The van der Waals surface area contributed by atoms with Gasteiger partial charge in [-0.1, -0.05) is 91.8 Å². The number of hydrogen-bond donors (Lipinski definition) is 1. The third-order valence-electron chi connectivity index (χ3n) is 3.08. The highest BCUT2D eigenvalue weighted by Crippen LogP contribution is 2.32. The largest absolute Gasteiger partial charge is 0.142 e. The predicted molar refractivity (Wildman–Crippen MR) is 121 cm³/mol. The first-order valence-corrected chi connectivity index (χ1v) is 9.95. The summed E-state index contributed by atoms with van der Waals surface area (Å²) >= 11 is 4.64. The second kappa shape index (κ2) is 18.1. The van der Waals surface area contributed by atoms with Crippen LogP contribution in [-0.4, -0.2) is 0 Å². The molecule has 0 N–H and O–H groups in total. The van der Waals surface area contributed by atoms with Gasteiger partial charge in [0.1, 0.15) is 0 Å². The van der Waals surface area contributed by atoms with Gasteiger partial charge in [-0.15, -0.1) is 12.6 Å². The minimum atomic E-state index is 1.09. The molecule has 138 valence electrons. The van der Waals surface area contributed by atoms with E-state index in [-0.39, 0.29) is 0 Å². The zero-order valence-corrected chi connectivity index (χ0v) is 18.8. The molecule has 0 atom stereocenters. The molecule has 2 aromatic rings. The molecule has 0 aromatic heterocycles. The lowest BCUT2D eigenvalue weighted by atomic mass is 9.95. The lowest BCUT2D eigenvalue weighted by Crippen LogP contribution is -1.91. The van der Waals surface area contributed by atoms with Crippen LogP contribution < -0.4 is 0 Å². The van der Waals surface area contributed by atoms with E-state index in [0.717, 1.165) is 4.90 Å². The molecule has 24 heavy (non-hydrogen) atoms. The van der Waals surface area contributed by atoms with E-state index in [2.05, 4.69) is 62.9 Å². The average Bonchev–Trinajstić information content (AvgIpc) is 2.70. The Morgan fingerprint density at radius 2 is 1.12 bits per heavy atom. The molecule has 0 heterocycles. The Morgan fingerprint density at radius 1 is 0.708 bits per heavy atom. The highest BCUT2D eigenvalue weighted by molar-refractivity contribution is 7.80. The zero-order chi connectivity index (χ0) is 19.7. The van der Waals surface area contributed by atoms with Crippen molar-refractivity contribution in [1.82, 2.24) is 0 Å². The Morgan fingerprint density at radius 3 is 1.54 bits per heavy atom. The van der Waals surface area contributed by atoms with Crippen molar-refractivity contribution in [2.24, 2.45) is 0 Å². The summed E-state index contributed by atoms with van der Waals surface area (Å²) in [4.78, 5) is 1.09. The molecule has 0 radical (unpaired) electrons. The van der Waals surface area contributed by atoms with Crippen LogP contribution in [0.25, 0.3) is 16.8 Å². The van der Waals surface area contributed by atoms with Crippen LogP contribution in [0.15, 0.2) is 35.2 Å². The number of hydrogen-bond acceptors (Lipinski definition) is 1. The van der Waals surface area contributed by atoms with E-state index >= 15 is 0 Å². The molecular formula is C23H40S. The van der Waals surface area contributed by atoms with Crippen molar-refractivity contribution < 1.29 is 0 Å². The predicted octanol–water partition coefficient (Wildman–Crippen LogP) is 8.88. The normalized spacial score (nSPS) is 8.67. The first-order valence-electron chi connectivity index (χ1n) is 9.50. The summed E-state index contributed by atoms with van der Waals surface area (Å²) in [6.07, 6.45) is 4.24. The van der Waals surface area contributed by atoms with Crippen molar-refractivity contribution in [2.45, 2.75) is 81.1 Å². The fraction of sp³-hybridized carbons (Fsp3) is 0.478. The van der Waals surface area contributed by atoms with Gasteiger partial charge in [-0.25, -0.2) is 0 Å². The van der Waals surface area contributed by atoms with Crippen LogP contribution in [0.1, 0.15) is 79.0 Å². The van der Waals surface area contributed by atoms with Crippen LogP contribution in [0, 0.1) is 13.8 Å². The summed E-state index contributed by atoms with van der Waals surface area (Å²) in [6, 6.07) is 8.45. The highest BCUT2D eigenvalue weighted by atomic mass is 32.1. The van der Waals surface area contributed by atoms with Crippen molar-refractivity contribution >= 4 is 29.5 Å². The molecule has 0 aliphatic rings. The standard InChI is InChI=1S/C15H16S.4C2H6/c1-4-7-12-10(2)13-8-5-6-9-14(13)15(16)11(12)3;4*1-2/h4-9,16H,1-3H3;4*1-2H3/b7-4-;;;;. The maximum atomic E-state index is 4.64. The summed E-state index contributed by atoms with van der Waals surface area (Å²) in [5.41, 5.74) is 3.90. The van der Waals surface area contributed by atoms with Crippen LogP contribution in [0.2, 0.25) is 0 Å². The van der Waals surface area contributed by atoms with Gasteiger partial charge >= 0.3 is 0 Å². The van der Waals surface area contributed by atoms with E-state index in [0.29, 0.717) is 0 Å². The topological polar surface area (TPSA) is 0 Å². The number of benzene rings is 2. The van der Waals surface area contributed by atoms with Crippen LogP contribution in [0.4, 0.5) is 0 Å². The molecule has 0 spiro atoms. The van der Waals surface area contributed by atoms with E-state index in [9.17, 15) is 0 Å². The first kappa shape index (κ1) is 27.6. The Labute approximate surface area is 157 Å². The van der Waals surface area contributed by atoms with Gasteiger partial charge in [0.05, 0.1) is 0 Å². The summed E-state index contributed by atoms with van der Waals surface area (Å²) in [7, 11) is 0. The quantitative estimate of drug-likeness (QED) is 0.489. The van der Waals surface area contributed by atoms with Gasteiger partial charge in [-0.2, -0.15) is 0 Å². The minimum absolute atomic E-state index is 1.09. The average molecular weight is 349 g/mol. The van der Waals surface area contributed by atoms with Gasteiger partial charge in [0, 0.05) is 4.90 Å². The van der Waals surface area contributed by atoms with E-state index in [1.165, 1.54) is 27.5 Å². The van der Waals surface area contributed by atoms with Gasteiger partial charge in [0.15, 0.2) is 0 Å². The van der Waals surface area contributed by atoms with Crippen molar-refractivity contribution in [2.75, 3.05) is 0 Å². The van der Waals surface area contributed by atoms with Crippen LogP contribution in [-0.2, 0) is 0 Å². The van der Waals surface area contributed by atoms with Gasteiger partial charge in [-0.3, -0.25) is 0 Å². The fourth-order valence-electron chi connectivity index (χ4n) is 2.19. The van der Waals surface area contributed by atoms with Crippen LogP contribution >= 0.6 is 12.6 Å². The molecular weight excluding hydrogens is 308 g/mol. The van der Waals surface area contributed by atoms with E-state index < -0.39 is 0 Å². The Bertz CT molecular complexity index is 566. The van der Waals surface area contributed by atoms with Gasteiger partial charge in [0.2, 0.25) is 0 Å². The van der Waals surface area contributed by atoms with Crippen molar-refractivity contribution in [3.8, 4) is 0 Å². The smallest absolute Gasteiger partial charge is 0.0154 e. The van der Waals surface area contributed by atoms with Crippen molar-refractivity contribution in [1.29, 1.82) is 0 Å². The van der Waals surface area contributed by atoms with Crippen molar-refractivity contribution in [3.63, 3.8) is 0 Å². The molecule has 0 fully saturated rings. The van der Waals surface area contributed by atoms with Gasteiger partial charge in [-0.05, 0) is 48.2 Å². The van der Waals surface area contributed by atoms with Gasteiger partial charge < -0.3 is 0 Å². The number of aryl methyl sites for hydroxylation is 1. The highest BCUT2D eigenvalue weighted by Gasteiger charge is 2.09. The Hall–Kier alpha value is -1.21. The summed E-state index contributed by atoms with van der Waals surface area (Å²) < 4.78 is 0. The monoisotopic (exact) mass is 348 g/mol. The summed E-state index contributed by atoms with van der Waals surface area (Å²) in [5.74, 6) is 0. The molecule has 0 unspecified atom stereocenters. The van der Waals surface area contributed by atoms with E-state index in [1.54, 1.807) is 0 Å². The van der Waals surface area contributed by atoms with E-state index in [4.69, 9.17) is 0 Å². The molecule has 0 bridgehead atoms. The molecule has 1 heteroatoms. The molecule has 0 aliphatic heterocycles. The zero-order valence-electron chi connectivity index (χ0n) is 17.9. The number of rotatable bonds is 1. The maximum absolute atomic E-state index is 4.64. The Balaban J connectivity index is -0.000000484. The number of fused-ring (bicyclic) bond motifs is 1. The Kier molecular flexibility index (Phi) is 20.9. The first-order chi connectivity index (χ1) is 11.7. The molecule has 0 amide bonds. The molecule has 0 aliphatic carbocycles. The molecule has 0 saturated heterocycles. The number of thiol groups is 1. The van der Waals surface area contributed by atoms with Crippen LogP contribution in [0.3, 0.4) is 0 Å². The molecule has 0 nitrogen and oxygen atoms in total. The second-order valence-corrected chi connectivity index (χ2v) is 4.51. The summed E-state index contributed by atoms with van der Waals surface area (Å²) in [5, 5.41) is 2.54. The molecule has 2 aromatic carbocycles. The lowest BCUT2D eigenvalue weighted by Gasteiger charge is -2.13. The third kappa shape index (κ3) is 7.57. The lowest BCUT2D eigenvalue weighted by molar-refractivity contribution is 1.30. The maximum Gasteiger partial charge on any atom is 0.0154 e. The molecule has 0 saturated carbocycles. The molecule has 2 rings (SSSR count). The SMILES string of the molecule is C/C=C\c1c(C)c(S)c2ccccc2c1C.CC.CC.CC.CC. The minimum Gasteiger partial charge on any atom is -0.142 e. The van der Waals surface area contributed by atoms with Crippen molar-refractivity contribution in [3.05, 3.63) is 47.0 Å². The summed E-state index contributed by atoms with van der Waals surface area (Å²) in [6.45, 7) is 22.4. The van der Waals surface area contributed by atoms with Gasteiger partial charge in [0.25, 0.3) is 0 Å². The van der Waals surface area contributed by atoms with E-state index in [1.807, 2.05) is 62.3 Å². The third-order valence-corrected chi connectivity index (χ3v) is 3.66. The second-order valence-electron chi connectivity index (χ2n) is 4.06.